The number of ether oxygens (including phenoxy) is 1. The van der Waals surface area contributed by atoms with Crippen LogP contribution >= 0.6 is 0 Å². The Morgan fingerprint density at radius 2 is 1.71 bits per heavy atom. The summed E-state index contributed by atoms with van der Waals surface area (Å²) in [6.07, 6.45) is -0.646. The Kier molecular flexibility index (Phi) is 4.88. The van der Waals surface area contributed by atoms with Gasteiger partial charge in [-0.2, -0.15) is 0 Å². The van der Waals surface area contributed by atoms with Crippen LogP contribution < -0.4 is 11.2 Å². The molecule has 0 saturated heterocycles. The number of fused-ring (bicyclic) bond motifs is 3. The van der Waals surface area contributed by atoms with Crippen molar-refractivity contribution in [1.82, 2.24) is 13.7 Å². The number of hydrogen-bond acceptors (Lipinski definition) is 4. The van der Waals surface area contributed by atoms with Gasteiger partial charge in [0.15, 0.2) is 0 Å². The number of nitrogens with zero attached hydrogens (tertiary/aromatic N) is 3. The van der Waals surface area contributed by atoms with Crippen molar-refractivity contribution in [2.75, 3.05) is 6.61 Å². The van der Waals surface area contributed by atoms with Crippen molar-refractivity contribution in [3.63, 3.8) is 0 Å². The highest BCUT2D eigenvalue weighted by Gasteiger charge is 2.41. The monoisotopic (exact) mass is 459 g/mol. The van der Waals surface area contributed by atoms with E-state index in [-0.39, 0.29) is 11.3 Å². The quantitative estimate of drug-likeness (QED) is 0.493. The minimum Gasteiger partial charge on any atom is -0.508 e. The first-order chi connectivity index (χ1) is 16.0. The molecule has 0 saturated carbocycles. The summed E-state index contributed by atoms with van der Waals surface area (Å²) in [7, 11) is 3.18. The van der Waals surface area contributed by atoms with E-state index in [1.807, 2.05) is 44.2 Å². The van der Waals surface area contributed by atoms with Crippen molar-refractivity contribution in [3.05, 3.63) is 85.7 Å². The molecule has 1 aliphatic heterocycles. The summed E-state index contributed by atoms with van der Waals surface area (Å²) >= 11 is 0. The third-order valence-electron chi connectivity index (χ3n) is 6.83. The molecule has 1 N–H and O–H groups in total. The summed E-state index contributed by atoms with van der Waals surface area (Å²) < 4.78 is 11.2. The van der Waals surface area contributed by atoms with Gasteiger partial charge < -0.3 is 14.4 Å². The van der Waals surface area contributed by atoms with Gasteiger partial charge in [0.2, 0.25) is 0 Å². The second-order valence-electron chi connectivity index (χ2n) is 9.93. The van der Waals surface area contributed by atoms with Crippen LogP contribution in [0.25, 0.3) is 22.2 Å². The van der Waals surface area contributed by atoms with Gasteiger partial charge in [0, 0.05) is 19.7 Å². The first-order valence-corrected chi connectivity index (χ1v) is 11.4. The van der Waals surface area contributed by atoms with Crippen LogP contribution in [0.4, 0.5) is 0 Å². The van der Waals surface area contributed by atoms with Crippen LogP contribution in [0.2, 0.25) is 0 Å². The van der Waals surface area contributed by atoms with Crippen molar-refractivity contribution >= 4 is 10.9 Å². The standard InChI is InChI=1S/C27H29N3O4/c1-15-8-7-9-17(12-15)21-20-22(28(5)26(33)29(6)25(20)32)23-24(34-14-27(3,4)30(21)23)18-11-10-16(2)13-19(18)31/h7-13,24,31H,14H2,1-6H3/t24-/m0/s1. The first kappa shape index (κ1) is 22.2. The van der Waals surface area contributed by atoms with Crippen LogP contribution in [-0.2, 0) is 24.4 Å². The number of hydrogen-bond donors (Lipinski definition) is 1. The average Bonchev–Trinajstić information content (AvgIpc) is 3.15. The van der Waals surface area contributed by atoms with Crippen molar-refractivity contribution in [2.24, 2.45) is 14.1 Å². The Bertz CT molecular complexity index is 1590. The highest BCUT2D eigenvalue weighted by atomic mass is 16.5. The molecule has 7 nitrogen and oxygen atoms in total. The fourth-order valence-corrected chi connectivity index (χ4v) is 5.17. The molecule has 3 heterocycles. The van der Waals surface area contributed by atoms with Gasteiger partial charge in [-0.1, -0.05) is 35.9 Å². The van der Waals surface area contributed by atoms with Crippen LogP contribution in [-0.4, -0.2) is 25.4 Å². The third kappa shape index (κ3) is 3.07. The Labute approximate surface area is 197 Å². The topological polar surface area (TPSA) is 78.4 Å². The molecule has 0 unspecified atom stereocenters. The van der Waals surface area contributed by atoms with Gasteiger partial charge in [-0.3, -0.25) is 13.9 Å². The maximum Gasteiger partial charge on any atom is 0.331 e. The molecule has 0 radical (unpaired) electrons. The highest BCUT2D eigenvalue weighted by molar-refractivity contribution is 5.97. The summed E-state index contributed by atoms with van der Waals surface area (Å²) in [5.41, 5.74) is 4.22. The molecule has 7 heteroatoms. The van der Waals surface area contributed by atoms with E-state index >= 15 is 0 Å². The van der Waals surface area contributed by atoms with E-state index in [4.69, 9.17) is 4.74 Å². The summed E-state index contributed by atoms with van der Waals surface area (Å²) in [5.74, 6) is 0.122. The van der Waals surface area contributed by atoms with Crippen LogP contribution in [0.3, 0.4) is 0 Å². The van der Waals surface area contributed by atoms with Crippen LogP contribution in [0.5, 0.6) is 5.75 Å². The predicted molar refractivity (Wildman–Crippen MR) is 133 cm³/mol. The van der Waals surface area contributed by atoms with Gasteiger partial charge in [-0.25, -0.2) is 4.79 Å². The van der Waals surface area contributed by atoms with E-state index in [9.17, 15) is 14.7 Å². The molecule has 34 heavy (non-hydrogen) atoms. The lowest BCUT2D eigenvalue weighted by Crippen LogP contribution is -2.40. The normalized spacial score (nSPS) is 17.2. The van der Waals surface area contributed by atoms with E-state index in [1.54, 1.807) is 13.1 Å². The summed E-state index contributed by atoms with van der Waals surface area (Å²) in [5, 5.41) is 11.3. The number of phenolic OH excluding ortho intramolecular Hbond substituents is 1. The number of rotatable bonds is 2. The van der Waals surface area contributed by atoms with E-state index < -0.39 is 17.3 Å². The molecular formula is C27H29N3O4. The van der Waals surface area contributed by atoms with Crippen molar-refractivity contribution in [2.45, 2.75) is 39.3 Å². The van der Waals surface area contributed by atoms with Gasteiger partial charge in [0.25, 0.3) is 5.56 Å². The smallest absolute Gasteiger partial charge is 0.331 e. The number of phenols is 1. The molecule has 176 valence electrons. The largest absolute Gasteiger partial charge is 0.508 e. The third-order valence-corrected chi connectivity index (χ3v) is 6.83. The summed E-state index contributed by atoms with van der Waals surface area (Å²) in [6, 6.07) is 13.5. The lowest BCUT2D eigenvalue weighted by atomic mass is 9.97. The average molecular weight is 460 g/mol. The zero-order valence-electron chi connectivity index (χ0n) is 20.3. The Morgan fingerprint density at radius 1 is 1.00 bits per heavy atom. The van der Waals surface area contributed by atoms with Gasteiger partial charge >= 0.3 is 5.69 Å². The molecule has 2 aromatic heterocycles. The maximum absolute atomic E-state index is 13.6. The lowest BCUT2D eigenvalue weighted by molar-refractivity contribution is -0.00799. The SMILES string of the molecule is Cc1cccc(-c2c3c(=O)n(C)c(=O)n(C)c3c3n2C(C)(C)CO[C@H]3c2ccc(C)cc2O)c1. The van der Waals surface area contributed by atoms with Gasteiger partial charge in [0.05, 0.1) is 34.4 Å². The van der Waals surface area contributed by atoms with E-state index in [0.717, 1.165) is 27.0 Å². The zero-order chi connectivity index (χ0) is 24.5. The number of aromatic hydroxyl groups is 1. The number of aromatic nitrogens is 3. The second kappa shape index (κ2) is 7.46. The maximum atomic E-state index is 13.6. The molecule has 0 amide bonds. The van der Waals surface area contributed by atoms with Crippen LogP contribution in [0.1, 0.15) is 42.3 Å². The van der Waals surface area contributed by atoms with Crippen molar-refractivity contribution in [3.8, 4) is 17.0 Å². The minimum absolute atomic E-state index is 0.122. The zero-order valence-corrected chi connectivity index (χ0v) is 20.3. The van der Waals surface area contributed by atoms with E-state index in [0.29, 0.717) is 28.8 Å². The van der Waals surface area contributed by atoms with Gasteiger partial charge in [0.1, 0.15) is 11.9 Å². The molecule has 1 aliphatic rings. The molecule has 2 aromatic carbocycles. The Morgan fingerprint density at radius 3 is 2.38 bits per heavy atom. The van der Waals surface area contributed by atoms with Crippen molar-refractivity contribution in [1.29, 1.82) is 0 Å². The van der Waals surface area contributed by atoms with Gasteiger partial charge in [-0.05, 0) is 51.0 Å². The molecule has 4 aromatic rings. The lowest BCUT2D eigenvalue weighted by Gasteiger charge is -2.39. The molecule has 0 fully saturated rings. The summed E-state index contributed by atoms with van der Waals surface area (Å²) in [4.78, 5) is 26.6. The molecule has 0 bridgehead atoms. The fraction of sp³-hybridized carbons (Fsp3) is 0.333. The predicted octanol–water partition coefficient (Wildman–Crippen LogP) is 3.88. The number of aryl methyl sites for hydroxylation is 3. The fourth-order valence-electron chi connectivity index (χ4n) is 5.17. The molecule has 0 aliphatic carbocycles. The second-order valence-corrected chi connectivity index (χ2v) is 9.93. The van der Waals surface area contributed by atoms with Crippen LogP contribution in [0.15, 0.2) is 52.1 Å². The minimum atomic E-state index is -0.646. The highest BCUT2D eigenvalue weighted by Crippen LogP contribution is 2.47. The van der Waals surface area contributed by atoms with E-state index in [1.165, 1.54) is 11.6 Å². The molecular weight excluding hydrogens is 430 g/mol. The number of benzene rings is 2. The van der Waals surface area contributed by atoms with E-state index in [2.05, 4.69) is 24.5 Å². The molecule has 5 rings (SSSR count). The summed E-state index contributed by atoms with van der Waals surface area (Å²) in [6.45, 7) is 8.41. The van der Waals surface area contributed by atoms with Crippen molar-refractivity contribution < 1.29 is 9.84 Å². The van der Waals surface area contributed by atoms with Crippen LogP contribution in [0, 0.1) is 13.8 Å². The molecule has 1 atom stereocenters. The molecule has 0 spiro atoms. The Hall–Kier alpha value is -3.58. The first-order valence-electron chi connectivity index (χ1n) is 11.4. The Balaban J connectivity index is 2.02. The van der Waals surface area contributed by atoms with Gasteiger partial charge in [-0.15, -0.1) is 0 Å².